The van der Waals surface area contributed by atoms with Crippen molar-refractivity contribution in [3.63, 3.8) is 0 Å². The predicted octanol–water partition coefficient (Wildman–Crippen LogP) is 2.73. The molecule has 0 spiro atoms. The van der Waals surface area contributed by atoms with Gasteiger partial charge in [-0.3, -0.25) is 0 Å². The second-order valence-corrected chi connectivity index (χ2v) is 4.84. The molecule has 2 nitrogen and oxygen atoms in total. The molecule has 2 aromatic rings. The van der Waals surface area contributed by atoms with Crippen LogP contribution in [0.1, 0.15) is 10.6 Å². The molecule has 0 aliphatic rings. The number of aromatic nitrogens is 1. The molecule has 2 rings (SSSR count). The normalized spacial score (nSPS) is 10.6. The van der Waals surface area contributed by atoms with Gasteiger partial charge in [-0.15, -0.1) is 0 Å². The highest BCUT2D eigenvalue weighted by Gasteiger charge is 2.17. The summed E-state index contributed by atoms with van der Waals surface area (Å²) in [4.78, 5) is 1.09. The van der Waals surface area contributed by atoms with Crippen molar-refractivity contribution in [3.05, 3.63) is 32.6 Å². The van der Waals surface area contributed by atoms with E-state index in [1.165, 1.54) is 0 Å². The van der Waals surface area contributed by atoms with Crippen LogP contribution in [0, 0.1) is 19.1 Å². The molecule has 4 heteroatoms. The SMILES string of the molecule is Cc1sc(-c2ccsc2)[n+]([O-])c1C. The third-order valence-electron chi connectivity index (χ3n) is 2.02. The maximum atomic E-state index is 11.6. The summed E-state index contributed by atoms with van der Waals surface area (Å²) < 4.78 is 1.02. The summed E-state index contributed by atoms with van der Waals surface area (Å²) in [6, 6.07) is 1.98. The highest BCUT2D eigenvalue weighted by molar-refractivity contribution is 7.15. The molecule has 0 unspecified atom stereocenters. The van der Waals surface area contributed by atoms with Gasteiger partial charge in [0.25, 0.3) is 5.01 Å². The van der Waals surface area contributed by atoms with Crippen molar-refractivity contribution in [2.75, 3.05) is 0 Å². The van der Waals surface area contributed by atoms with Crippen molar-refractivity contribution < 1.29 is 4.73 Å². The van der Waals surface area contributed by atoms with Gasteiger partial charge >= 0.3 is 0 Å². The summed E-state index contributed by atoms with van der Waals surface area (Å²) in [5.41, 5.74) is 1.84. The fraction of sp³-hybridized carbons (Fsp3) is 0.222. The van der Waals surface area contributed by atoms with Crippen molar-refractivity contribution in [2.45, 2.75) is 13.8 Å². The first-order valence-corrected chi connectivity index (χ1v) is 5.68. The number of thiophene rings is 1. The molecule has 0 aliphatic carbocycles. The molecule has 0 aliphatic heterocycles. The zero-order valence-electron chi connectivity index (χ0n) is 7.40. The van der Waals surface area contributed by atoms with E-state index in [-0.39, 0.29) is 0 Å². The number of hydrogen-bond acceptors (Lipinski definition) is 3. The van der Waals surface area contributed by atoms with Crippen molar-refractivity contribution in [1.29, 1.82) is 0 Å². The summed E-state index contributed by atoms with van der Waals surface area (Å²) in [5, 5.41) is 16.4. The van der Waals surface area contributed by atoms with E-state index < -0.39 is 0 Å². The largest absolute Gasteiger partial charge is 0.617 e. The quantitative estimate of drug-likeness (QED) is 0.526. The minimum absolute atomic E-state index is 0.802. The molecule has 13 heavy (non-hydrogen) atoms. The van der Waals surface area contributed by atoms with Crippen LogP contribution < -0.4 is 4.73 Å². The van der Waals surface area contributed by atoms with E-state index in [0.29, 0.717) is 0 Å². The average Bonchev–Trinajstić information content (AvgIpc) is 2.70. The summed E-state index contributed by atoms with van der Waals surface area (Å²) in [6.45, 7) is 3.83. The zero-order chi connectivity index (χ0) is 9.42. The lowest BCUT2D eigenvalue weighted by atomic mass is 10.3. The van der Waals surface area contributed by atoms with Crippen molar-refractivity contribution in [3.8, 4) is 10.6 Å². The van der Waals surface area contributed by atoms with Gasteiger partial charge < -0.3 is 5.21 Å². The molecule has 0 amide bonds. The van der Waals surface area contributed by atoms with E-state index in [1.54, 1.807) is 22.7 Å². The molecular formula is C9H9NOS2. The van der Waals surface area contributed by atoms with Gasteiger partial charge in [-0.05, 0) is 18.4 Å². The van der Waals surface area contributed by atoms with Gasteiger partial charge in [-0.1, -0.05) is 11.3 Å². The van der Waals surface area contributed by atoms with Crippen LogP contribution >= 0.6 is 22.7 Å². The maximum Gasteiger partial charge on any atom is 0.281 e. The first kappa shape index (κ1) is 8.72. The predicted molar refractivity (Wildman–Crippen MR) is 56.1 cm³/mol. The van der Waals surface area contributed by atoms with Crippen LogP contribution in [-0.4, -0.2) is 0 Å². The second-order valence-electron chi connectivity index (χ2n) is 2.86. The van der Waals surface area contributed by atoms with Crippen LogP contribution in [0.25, 0.3) is 10.6 Å². The van der Waals surface area contributed by atoms with Gasteiger partial charge in [0.1, 0.15) is 0 Å². The minimum Gasteiger partial charge on any atom is -0.617 e. The molecule has 0 N–H and O–H groups in total. The standard InChI is InChI=1S/C9H9NOS2/c1-6-7(2)13-9(10(6)11)8-3-4-12-5-8/h3-5H,1-2H3. The van der Waals surface area contributed by atoms with Crippen LogP contribution in [-0.2, 0) is 0 Å². The van der Waals surface area contributed by atoms with Gasteiger partial charge in [0.05, 0.1) is 10.4 Å². The summed E-state index contributed by atoms with van der Waals surface area (Å²) in [7, 11) is 0. The van der Waals surface area contributed by atoms with Crippen molar-refractivity contribution in [1.82, 2.24) is 0 Å². The van der Waals surface area contributed by atoms with Gasteiger partial charge in [-0.25, -0.2) is 0 Å². The number of nitrogens with zero attached hydrogens (tertiary/aromatic N) is 1. The Morgan fingerprint density at radius 1 is 1.38 bits per heavy atom. The van der Waals surface area contributed by atoms with Gasteiger partial charge in [0.2, 0.25) is 5.69 Å². The highest BCUT2D eigenvalue weighted by Crippen LogP contribution is 2.26. The number of hydrogen-bond donors (Lipinski definition) is 0. The number of thiazole rings is 1. The highest BCUT2D eigenvalue weighted by atomic mass is 32.1. The van der Waals surface area contributed by atoms with Gasteiger partial charge in [0.15, 0.2) is 0 Å². The Kier molecular flexibility index (Phi) is 2.09. The van der Waals surface area contributed by atoms with E-state index >= 15 is 0 Å². The summed E-state index contributed by atoms with van der Waals surface area (Å²) >= 11 is 3.17. The topological polar surface area (TPSA) is 26.9 Å². The lowest BCUT2D eigenvalue weighted by Gasteiger charge is -1.96. The molecule has 0 fully saturated rings. The smallest absolute Gasteiger partial charge is 0.281 e. The Morgan fingerprint density at radius 3 is 2.62 bits per heavy atom. The van der Waals surface area contributed by atoms with E-state index in [2.05, 4.69) is 0 Å². The third kappa shape index (κ3) is 1.36. The number of aryl methyl sites for hydroxylation is 1. The first-order chi connectivity index (χ1) is 6.20. The molecule has 0 radical (unpaired) electrons. The Balaban J connectivity index is 2.59. The molecule has 0 atom stereocenters. The van der Waals surface area contributed by atoms with Crippen LogP contribution in [0.2, 0.25) is 0 Å². The number of rotatable bonds is 1. The molecule has 0 bridgehead atoms. The Hall–Kier alpha value is -0.870. The third-order valence-corrected chi connectivity index (χ3v) is 3.90. The molecular weight excluding hydrogens is 202 g/mol. The molecule has 2 heterocycles. The van der Waals surface area contributed by atoms with Crippen molar-refractivity contribution >= 4 is 22.7 Å². The van der Waals surface area contributed by atoms with Gasteiger partial charge in [-0.2, -0.15) is 16.1 Å². The van der Waals surface area contributed by atoms with Crippen LogP contribution in [0.4, 0.5) is 0 Å². The van der Waals surface area contributed by atoms with Crippen molar-refractivity contribution in [2.24, 2.45) is 0 Å². The Morgan fingerprint density at radius 2 is 2.15 bits per heavy atom. The van der Waals surface area contributed by atoms with E-state index in [4.69, 9.17) is 0 Å². The molecule has 68 valence electrons. The molecule has 0 saturated heterocycles. The summed E-state index contributed by atoms with van der Waals surface area (Å²) in [5.74, 6) is 0. The monoisotopic (exact) mass is 211 g/mol. The Bertz CT molecular complexity index is 417. The lowest BCUT2D eigenvalue weighted by Crippen LogP contribution is -2.29. The first-order valence-electron chi connectivity index (χ1n) is 3.92. The fourth-order valence-corrected chi connectivity index (χ4v) is 2.82. The van der Waals surface area contributed by atoms with Crippen LogP contribution in [0.15, 0.2) is 16.8 Å². The summed E-state index contributed by atoms with van der Waals surface area (Å²) in [6.07, 6.45) is 0. The van der Waals surface area contributed by atoms with E-state index in [1.807, 2.05) is 30.7 Å². The average molecular weight is 211 g/mol. The second kappa shape index (κ2) is 3.12. The molecule has 0 saturated carbocycles. The fourth-order valence-electron chi connectivity index (χ4n) is 1.12. The van der Waals surface area contributed by atoms with Gasteiger partial charge in [0, 0.05) is 12.3 Å². The van der Waals surface area contributed by atoms with Crippen LogP contribution in [0.5, 0.6) is 0 Å². The minimum atomic E-state index is 0.802. The van der Waals surface area contributed by atoms with E-state index in [0.717, 1.165) is 25.9 Å². The van der Waals surface area contributed by atoms with Crippen LogP contribution in [0.3, 0.4) is 0 Å². The molecule has 0 aromatic carbocycles. The Labute approximate surface area is 84.7 Å². The molecule has 2 aromatic heterocycles. The lowest BCUT2D eigenvalue weighted by molar-refractivity contribution is -0.596. The zero-order valence-corrected chi connectivity index (χ0v) is 9.04. The van der Waals surface area contributed by atoms with E-state index in [9.17, 15) is 5.21 Å². The maximum absolute atomic E-state index is 11.6.